The van der Waals surface area contributed by atoms with Gasteiger partial charge in [-0.25, -0.2) is 4.98 Å². The minimum atomic E-state index is 0.184. The molecule has 0 radical (unpaired) electrons. The van der Waals surface area contributed by atoms with E-state index >= 15 is 0 Å². The third kappa shape index (κ3) is 3.07. The highest BCUT2D eigenvalue weighted by Crippen LogP contribution is 2.26. The fraction of sp³-hybridized carbons (Fsp3) is 0.727. The van der Waals surface area contributed by atoms with Crippen LogP contribution < -0.4 is 5.73 Å². The molecule has 0 saturated carbocycles. The largest absolute Gasteiger partial charge is 0.323 e. The first-order valence-electron chi connectivity index (χ1n) is 5.30. The maximum atomic E-state index is 6.14. The van der Waals surface area contributed by atoms with E-state index in [4.69, 9.17) is 5.73 Å². The molecule has 1 aromatic rings. The quantitative estimate of drug-likeness (QED) is 0.813. The molecule has 1 heterocycles. The smallest absolute Gasteiger partial charge is 0.0798 e. The van der Waals surface area contributed by atoms with Gasteiger partial charge in [-0.3, -0.25) is 0 Å². The molecular weight excluding hydrogens is 192 g/mol. The fourth-order valence-electron chi connectivity index (χ4n) is 1.82. The van der Waals surface area contributed by atoms with E-state index in [9.17, 15) is 0 Å². The van der Waals surface area contributed by atoms with E-state index in [1.807, 2.05) is 12.4 Å². The fourth-order valence-corrected chi connectivity index (χ4v) is 2.64. The molecule has 0 aliphatic rings. The molecule has 0 fully saturated rings. The van der Waals surface area contributed by atoms with Crippen molar-refractivity contribution in [2.24, 2.45) is 11.7 Å². The van der Waals surface area contributed by atoms with Crippen LogP contribution in [0.1, 0.15) is 49.7 Å². The van der Waals surface area contributed by atoms with Crippen LogP contribution in [0.5, 0.6) is 0 Å². The van der Waals surface area contributed by atoms with Gasteiger partial charge in [0.05, 0.1) is 11.2 Å². The van der Waals surface area contributed by atoms with Crippen molar-refractivity contribution in [1.29, 1.82) is 0 Å². The Balaban J connectivity index is 2.50. The summed E-state index contributed by atoms with van der Waals surface area (Å²) in [6.07, 6.45) is 3.60. The van der Waals surface area contributed by atoms with Crippen LogP contribution >= 0.6 is 11.3 Å². The van der Waals surface area contributed by atoms with Crippen molar-refractivity contribution in [3.8, 4) is 0 Å². The lowest BCUT2D eigenvalue weighted by Gasteiger charge is -2.15. The molecule has 0 amide bonds. The number of nitrogens with zero attached hydrogens (tertiary/aromatic N) is 1. The Morgan fingerprint density at radius 2 is 2.29 bits per heavy atom. The Bertz CT molecular complexity index is 270. The molecule has 0 bridgehead atoms. The standard InChI is InChI=1S/C11H20N2S/c1-4-5-8(2)6-10(12)11-9(3)13-7-14-11/h7-8,10H,4-6,12H2,1-3H3. The second-order valence-electron chi connectivity index (χ2n) is 4.04. The molecule has 80 valence electrons. The van der Waals surface area contributed by atoms with Gasteiger partial charge in [0.15, 0.2) is 0 Å². The molecule has 0 aromatic carbocycles. The van der Waals surface area contributed by atoms with E-state index in [1.165, 1.54) is 17.7 Å². The minimum absolute atomic E-state index is 0.184. The first-order valence-corrected chi connectivity index (χ1v) is 6.18. The Hall–Kier alpha value is -0.410. The van der Waals surface area contributed by atoms with Crippen LogP contribution in [-0.4, -0.2) is 4.98 Å². The van der Waals surface area contributed by atoms with Crippen molar-refractivity contribution in [3.63, 3.8) is 0 Å². The summed E-state index contributed by atoms with van der Waals surface area (Å²) in [6, 6.07) is 0.184. The first-order chi connectivity index (χ1) is 6.65. The van der Waals surface area contributed by atoms with Crippen LogP contribution in [0, 0.1) is 12.8 Å². The topological polar surface area (TPSA) is 38.9 Å². The van der Waals surface area contributed by atoms with Crippen molar-refractivity contribution in [2.45, 2.75) is 46.1 Å². The van der Waals surface area contributed by atoms with E-state index in [-0.39, 0.29) is 6.04 Å². The van der Waals surface area contributed by atoms with Gasteiger partial charge in [0.1, 0.15) is 0 Å². The molecule has 2 unspecified atom stereocenters. The van der Waals surface area contributed by atoms with E-state index in [2.05, 4.69) is 18.8 Å². The van der Waals surface area contributed by atoms with Crippen LogP contribution in [0.4, 0.5) is 0 Å². The molecule has 2 N–H and O–H groups in total. The highest BCUT2D eigenvalue weighted by Gasteiger charge is 2.14. The zero-order chi connectivity index (χ0) is 10.6. The van der Waals surface area contributed by atoms with Crippen molar-refractivity contribution < 1.29 is 0 Å². The van der Waals surface area contributed by atoms with Gasteiger partial charge in [0.25, 0.3) is 0 Å². The van der Waals surface area contributed by atoms with Crippen molar-refractivity contribution in [1.82, 2.24) is 4.98 Å². The lowest BCUT2D eigenvalue weighted by Crippen LogP contribution is -2.13. The molecule has 2 nitrogen and oxygen atoms in total. The number of nitrogens with two attached hydrogens (primary N) is 1. The second kappa shape index (κ2) is 5.47. The number of aromatic nitrogens is 1. The minimum Gasteiger partial charge on any atom is -0.323 e. The molecule has 2 atom stereocenters. The Morgan fingerprint density at radius 3 is 2.79 bits per heavy atom. The van der Waals surface area contributed by atoms with Crippen LogP contribution in [0.15, 0.2) is 5.51 Å². The third-order valence-electron chi connectivity index (χ3n) is 2.56. The Labute approximate surface area is 90.6 Å². The maximum absolute atomic E-state index is 6.14. The zero-order valence-corrected chi connectivity index (χ0v) is 10.1. The van der Waals surface area contributed by atoms with Gasteiger partial charge in [0, 0.05) is 10.9 Å². The molecule has 0 aliphatic heterocycles. The monoisotopic (exact) mass is 212 g/mol. The van der Waals surface area contributed by atoms with E-state index in [0.717, 1.165) is 18.0 Å². The summed E-state index contributed by atoms with van der Waals surface area (Å²) in [7, 11) is 0. The van der Waals surface area contributed by atoms with Gasteiger partial charge in [-0.05, 0) is 19.3 Å². The van der Waals surface area contributed by atoms with Crippen LogP contribution in [0.3, 0.4) is 0 Å². The van der Waals surface area contributed by atoms with Crippen LogP contribution in [0.2, 0.25) is 0 Å². The van der Waals surface area contributed by atoms with Gasteiger partial charge < -0.3 is 5.73 Å². The molecule has 0 spiro atoms. The number of rotatable bonds is 5. The summed E-state index contributed by atoms with van der Waals surface area (Å²) in [4.78, 5) is 5.49. The average Bonchev–Trinajstić information content (AvgIpc) is 2.51. The van der Waals surface area contributed by atoms with E-state index < -0.39 is 0 Å². The Morgan fingerprint density at radius 1 is 1.57 bits per heavy atom. The zero-order valence-electron chi connectivity index (χ0n) is 9.29. The third-order valence-corrected chi connectivity index (χ3v) is 3.62. The molecule has 0 aliphatic carbocycles. The average molecular weight is 212 g/mol. The molecule has 0 saturated heterocycles. The van der Waals surface area contributed by atoms with Crippen molar-refractivity contribution >= 4 is 11.3 Å². The summed E-state index contributed by atoms with van der Waals surface area (Å²) in [5.74, 6) is 0.719. The lowest BCUT2D eigenvalue weighted by atomic mass is 9.96. The predicted molar refractivity (Wildman–Crippen MR) is 62.5 cm³/mol. The van der Waals surface area contributed by atoms with Gasteiger partial charge in [0.2, 0.25) is 0 Å². The van der Waals surface area contributed by atoms with Crippen molar-refractivity contribution in [3.05, 3.63) is 16.1 Å². The number of hydrogen-bond donors (Lipinski definition) is 1. The number of aryl methyl sites for hydroxylation is 1. The number of thiazole rings is 1. The summed E-state index contributed by atoms with van der Waals surface area (Å²) in [5, 5.41) is 0. The Kier molecular flexibility index (Phi) is 4.55. The van der Waals surface area contributed by atoms with Gasteiger partial charge in [-0.2, -0.15) is 0 Å². The molecule has 1 aromatic heterocycles. The molecule has 14 heavy (non-hydrogen) atoms. The van der Waals surface area contributed by atoms with Crippen LogP contribution in [-0.2, 0) is 0 Å². The highest BCUT2D eigenvalue weighted by molar-refractivity contribution is 7.09. The second-order valence-corrected chi connectivity index (χ2v) is 4.92. The van der Waals surface area contributed by atoms with Gasteiger partial charge in [-0.15, -0.1) is 11.3 Å². The molecule has 3 heteroatoms. The SMILES string of the molecule is CCCC(C)CC(N)c1scnc1C. The summed E-state index contributed by atoms with van der Waals surface area (Å²) in [6.45, 7) is 6.54. The normalized spacial score (nSPS) is 15.4. The van der Waals surface area contributed by atoms with Crippen LogP contribution in [0.25, 0.3) is 0 Å². The molecular formula is C11H20N2S. The molecule has 1 rings (SSSR count). The number of hydrogen-bond acceptors (Lipinski definition) is 3. The summed E-state index contributed by atoms with van der Waals surface area (Å²) in [5.41, 5.74) is 9.13. The van der Waals surface area contributed by atoms with E-state index in [1.54, 1.807) is 11.3 Å². The predicted octanol–water partition coefficient (Wildman–Crippen LogP) is 3.28. The maximum Gasteiger partial charge on any atom is 0.0798 e. The summed E-state index contributed by atoms with van der Waals surface area (Å²) >= 11 is 1.68. The lowest BCUT2D eigenvalue weighted by molar-refractivity contribution is 0.442. The first kappa shape index (κ1) is 11.7. The summed E-state index contributed by atoms with van der Waals surface area (Å²) < 4.78 is 0. The highest BCUT2D eigenvalue weighted by atomic mass is 32.1. The van der Waals surface area contributed by atoms with Gasteiger partial charge in [-0.1, -0.05) is 26.7 Å². The van der Waals surface area contributed by atoms with Crippen molar-refractivity contribution in [2.75, 3.05) is 0 Å². The van der Waals surface area contributed by atoms with E-state index in [0.29, 0.717) is 0 Å². The van der Waals surface area contributed by atoms with Gasteiger partial charge >= 0.3 is 0 Å².